The minimum atomic E-state index is -0.502. The monoisotopic (exact) mass is 508 g/mol. The number of H-pyrrole nitrogens is 2. The maximum Gasteiger partial charge on any atom is 0.162 e. The van der Waals surface area contributed by atoms with Gasteiger partial charge in [-0.05, 0) is 63.3 Å². The van der Waals surface area contributed by atoms with Crippen molar-refractivity contribution in [1.82, 2.24) is 29.6 Å². The molecule has 0 fully saturated rings. The third kappa shape index (κ3) is 4.02. The molecule has 0 radical (unpaired) electrons. The number of aliphatic hydroxyl groups excluding tert-OH is 1. The molecule has 3 N–H and O–H groups in total. The van der Waals surface area contributed by atoms with Gasteiger partial charge in [0.05, 0.1) is 30.1 Å². The van der Waals surface area contributed by atoms with Gasteiger partial charge in [-0.1, -0.05) is 18.2 Å². The average Bonchev–Trinajstić information content (AvgIpc) is 3.61. The van der Waals surface area contributed by atoms with Crippen LogP contribution in [0.5, 0.6) is 5.75 Å². The number of nitrogens with zero attached hydrogens (tertiary/aromatic N) is 4. The van der Waals surface area contributed by atoms with E-state index < -0.39 is 6.10 Å². The average molecular weight is 509 g/mol. The fourth-order valence-electron chi connectivity index (χ4n) is 5.38. The predicted octanol–water partition coefficient (Wildman–Crippen LogP) is 5.28. The van der Waals surface area contributed by atoms with Crippen LogP contribution in [0, 0.1) is 13.8 Å². The largest absolute Gasteiger partial charge is 0.497 e. The Morgan fingerprint density at radius 3 is 2.66 bits per heavy atom. The van der Waals surface area contributed by atoms with Crippen molar-refractivity contribution in [3.63, 3.8) is 0 Å². The number of aromatic amines is 2. The number of rotatable bonds is 7. The standard InChI is InChI=1S/C30H32N6O2/c1-17-7-6-8-21(18(17)2)28-24-13-31-34-29(24)23-12-26(32-30(23)33-28)25-16-36(15-19(37)14-35(3)4)27-10-9-20(38-5)11-22(25)27/h6-13,16,19,31,34,37H,14-15H2,1-5H3. The molecule has 0 bridgehead atoms. The molecular formula is C30H32N6O2. The summed E-state index contributed by atoms with van der Waals surface area (Å²) >= 11 is 0. The van der Waals surface area contributed by atoms with Crippen LogP contribution in [0.15, 0.2) is 54.9 Å². The third-order valence-corrected chi connectivity index (χ3v) is 7.38. The predicted molar refractivity (Wildman–Crippen MR) is 153 cm³/mol. The first-order valence-corrected chi connectivity index (χ1v) is 12.8. The van der Waals surface area contributed by atoms with Gasteiger partial charge in [0.2, 0.25) is 0 Å². The molecule has 1 unspecified atom stereocenters. The minimum Gasteiger partial charge on any atom is -0.497 e. The molecule has 8 nitrogen and oxygen atoms in total. The van der Waals surface area contributed by atoms with Crippen LogP contribution in [0.2, 0.25) is 0 Å². The molecule has 4 heterocycles. The van der Waals surface area contributed by atoms with E-state index >= 15 is 0 Å². The molecule has 0 aliphatic rings. The molecule has 0 amide bonds. The first kappa shape index (κ1) is 24.2. The molecule has 0 aliphatic carbocycles. The third-order valence-electron chi connectivity index (χ3n) is 7.38. The zero-order chi connectivity index (χ0) is 26.6. The lowest BCUT2D eigenvalue weighted by molar-refractivity contribution is 0.121. The molecule has 2 aromatic carbocycles. The molecule has 0 spiro atoms. The number of pyridine rings is 1. The van der Waals surface area contributed by atoms with Crippen LogP contribution in [0.25, 0.3) is 55.4 Å². The summed E-state index contributed by atoms with van der Waals surface area (Å²) in [7, 11) is 5.60. The van der Waals surface area contributed by atoms with E-state index in [1.165, 1.54) is 11.1 Å². The van der Waals surface area contributed by atoms with Crippen molar-refractivity contribution in [3.05, 3.63) is 66.0 Å². The first-order chi connectivity index (χ1) is 18.3. The number of hydrogen-bond acceptors (Lipinski definition) is 5. The van der Waals surface area contributed by atoms with Crippen molar-refractivity contribution in [1.29, 1.82) is 0 Å². The number of aromatic nitrogens is 5. The zero-order valence-electron chi connectivity index (χ0n) is 22.3. The summed E-state index contributed by atoms with van der Waals surface area (Å²) < 4.78 is 7.64. The summed E-state index contributed by atoms with van der Waals surface area (Å²) in [6.07, 6.45) is 3.54. The van der Waals surface area contributed by atoms with Gasteiger partial charge in [0.1, 0.15) is 5.75 Å². The van der Waals surface area contributed by atoms with Gasteiger partial charge in [-0.2, -0.15) is 0 Å². The molecule has 0 aliphatic heterocycles. The molecule has 0 saturated heterocycles. The normalized spacial score (nSPS) is 12.8. The second-order valence-corrected chi connectivity index (χ2v) is 10.3. The van der Waals surface area contributed by atoms with Crippen molar-refractivity contribution in [2.45, 2.75) is 26.5 Å². The Balaban J connectivity index is 1.54. The Morgan fingerprint density at radius 1 is 1.03 bits per heavy atom. The lowest BCUT2D eigenvalue weighted by Gasteiger charge is -2.17. The minimum absolute atomic E-state index is 0.478. The fourth-order valence-corrected chi connectivity index (χ4v) is 5.38. The van der Waals surface area contributed by atoms with Crippen molar-refractivity contribution in [2.24, 2.45) is 0 Å². The van der Waals surface area contributed by atoms with Gasteiger partial charge in [-0.15, -0.1) is 0 Å². The van der Waals surface area contributed by atoms with Gasteiger partial charge in [0.25, 0.3) is 0 Å². The first-order valence-electron chi connectivity index (χ1n) is 12.8. The number of aliphatic hydroxyl groups is 1. The Hall–Kier alpha value is -4.14. The van der Waals surface area contributed by atoms with E-state index in [9.17, 15) is 5.11 Å². The number of ether oxygens (including phenoxy) is 1. The quantitative estimate of drug-likeness (QED) is 0.273. The van der Waals surface area contributed by atoms with E-state index in [1.54, 1.807) is 7.11 Å². The molecular weight excluding hydrogens is 476 g/mol. The Bertz CT molecular complexity index is 1790. The van der Waals surface area contributed by atoms with E-state index in [-0.39, 0.29) is 0 Å². The number of hydrogen-bond donors (Lipinski definition) is 3. The molecule has 38 heavy (non-hydrogen) atoms. The summed E-state index contributed by atoms with van der Waals surface area (Å²) in [6.45, 7) is 5.31. The maximum atomic E-state index is 10.7. The van der Waals surface area contributed by atoms with E-state index in [2.05, 4.69) is 59.1 Å². The summed E-state index contributed by atoms with van der Waals surface area (Å²) in [6, 6.07) is 14.4. The Morgan fingerprint density at radius 2 is 1.87 bits per heavy atom. The lowest BCUT2D eigenvalue weighted by Crippen LogP contribution is -2.29. The lowest BCUT2D eigenvalue weighted by atomic mass is 9.98. The SMILES string of the molecule is COc1ccc2c(c1)c(-c1cc3c(n1)nc(-c1cccc(C)c1C)c1c[nH][nH]c13)cn2CC(O)CN(C)C. The van der Waals surface area contributed by atoms with Crippen molar-refractivity contribution < 1.29 is 9.84 Å². The number of benzene rings is 2. The summed E-state index contributed by atoms with van der Waals surface area (Å²) in [4.78, 5) is 12.1. The number of methoxy groups -OCH3 is 1. The highest BCUT2D eigenvalue weighted by Crippen LogP contribution is 2.38. The second-order valence-electron chi connectivity index (χ2n) is 10.3. The number of likely N-dealkylation sites (N-methyl/N-ethyl adjacent to an activating group) is 1. The van der Waals surface area contributed by atoms with Gasteiger partial charge in [-0.3, -0.25) is 5.10 Å². The van der Waals surface area contributed by atoms with Crippen LogP contribution < -0.4 is 4.74 Å². The summed E-state index contributed by atoms with van der Waals surface area (Å²) in [5.41, 5.74) is 8.95. The van der Waals surface area contributed by atoms with Gasteiger partial charge < -0.3 is 24.4 Å². The Kier molecular flexibility index (Phi) is 5.93. The van der Waals surface area contributed by atoms with Gasteiger partial charge in [-0.25, -0.2) is 9.97 Å². The Labute approximate surface area is 220 Å². The second kappa shape index (κ2) is 9.31. The maximum absolute atomic E-state index is 10.7. The van der Waals surface area contributed by atoms with Gasteiger partial charge in [0.15, 0.2) is 5.65 Å². The van der Waals surface area contributed by atoms with E-state index in [1.807, 2.05) is 43.4 Å². The topological polar surface area (TPSA) is 95.0 Å². The van der Waals surface area contributed by atoms with Gasteiger partial charge in [0, 0.05) is 58.3 Å². The number of aryl methyl sites for hydroxylation is 1. The van der Waals surface area contributed by atoms with Crippen LogP contribution in [0.3, 0.4) is 0 Å². The highest BCUT2D eigenvalue weighted by molar-refractivity contribution is 6.10. The zero-order valence-corrected chi connectivity index (χ0v) is 22.3. The molecule has 6 aromatic rings. The molecule has 194 valence electrons. The van der Waals surface area contributed by atoms with Crippen LogP contribution in [0.1, 0.15) is 11.1 Å². The molecule has 6 rings (SSSR count). The number of fused-ring (bicyclic) bond motifs is 4. The highest BCUT2D eigenvalue weighted by atomic mass is 16.5. The van der Waals surface area contributed by atoms with Crippen LogP contribution >= 0.6 is 0 Å². The summed E-state index contributed by atoms with van der Waals surface area (Å²) in [5, 5.41) is 20.2. The van der Waals surface area contributed by atoms with Crippen LogP contribution in [0.4, 0.5) is 0 Å². The van der Waals surface area contributed by atoms with Crippen LogP contribution in [-0.4, -0.2) is 68.6 Å². The van der Waals surface area contributed by atoms with Crippen molar-refractivity contribution in [2.75, 3.05) is 27.7 Å². The fraction of sp³-hybridized carbons (Fsp3) is 0.267. The number of nitrogens with one attached hydrogen (secondary N) is 2. The van der Waals surface area contributed by atoms with E-state index in [0.29, 0.717) is 18.7 Å². The van der Waals surface area contributed by atoms with Crippen LogP contribution in [-0.2, 0) is 6.54 Å². The van der Waals surface area contributed by atoms with Crippen molar-refractivity contribution in [3.8, 4) is 28.3 Å². The molecule has 0 saturated carbocycles. The molecule has 8 heteroatoms. The van der Waals surface area contributed by atoms with Gasteiger partial charge >= 0.3 is 0 Å². The summed E-state index contributed by atoms with van der Waals surface area (Å²) in [5.74, 6) is 0.776. The van der Waals surface area contributed by atoms with E-state index in [0.717, 1.165) is 55.5 Å². The smallest absolute Gasteiger partial charge is 0.162 e. The highest BCUT2D eigenvalue weighted by Gasteiger charge is 2.20. The van der Waals surface area contributed by atoms with Crippen molar-refractivity contribution >= 4 is 32.8 Å². The van der Waals surface area contributed by atoms with E-state index in [4.69, 9.17) is 14.7 Å². The molecule has 4 aromatic heterocycles. The molecule has 1 atom stereocenters.